The van der Waals surface area contributed by atoms with Crippen LogP contribution in [0, 0.1) is 11.8 Å². The Morgan fingerprint density at radius 3 is 2.13 bits per heavy atom. The second kappa shape index (κ2) is 23.4. The second-order valence-corrected chi connectivity index (χ2v) is 14.2. The zero-order valence-corrected chi connectivity index (χ0v) is 34.0. The number of esters is 1. The molecule has 13 heteroatoms. The van der Waals surface area contributed by atoms with E-state index in [-0.39, 0.29) is 43.0 Å². The molecule has 0 aromatic rings. The van der Waals surface area contributed by atoms with Gasteiger partial charge < -0.3 is 40.0 Å². The van der Waals surface area contributed by atoms with E-state index >= 15 is 0 Å². The number of carbonyl (C=O) groups excluding carboxylic acids is 5. The van der Waals surface area contributed by atoms with E-state index in [2.05, 4.69) is 16.0 Å². The lowest BCUT2D eigenvalue weighted by atomic mass is 9.89. The molecule has 52 heavy (non-hydrogen) atoms. The molecule has 0 radical (unpaired) electrons. The first kappa shape index (κ1) is 46.7. The van der Waals surface area contributed by atoms with E-state index < -0.39 is 53.7 Å². The van der Waals surface area contributed by atoms with Gasteiger partial charge in [0, 0.05) is 27.8 Å². The molecule has 4 amide bonds. The minimum Gasteiger partial charge on any atom is -0.467 e. The number of amides is 4. The zero-order valence-electron chi connectivity index (χ0n) is 34.0. The molecule has 0 aromatic heterocycles. The maximum atomic E-state index is 14.2. The summed E-state index contributed by atoms with van der Waals surface area (Å²) in [4.78, 5) is 70.2. The summed E-state index contributed by atoms with van der Waals surface area (Å²) < 4.78 is 16.8. The molecule has 8 atom stereocenters. The van der Waals surface area contributed by atoms with Gasteiger partial charge in [-0.1, -0.05) is 57.9 Å². The van der Waals surface area contributed by atoms with Crippen LogP contribution in [0.3, 0.4) is 0 Å². The summed E-state index contributed by atoms with van der Waals surface area (Å²) in [5.74, 6) is -2.37. The first-order chi connectivity index (χ1) is 24.6. The molecular weight excluding hydrogens is 666 g/mol. The van der Waals surface area contributed by atoms with Crippen LogP contribution in [0.4, 0.5) is 0 Å². The van der Waals surface area contributed by atoms with Gasteiger partial charge in [0.1, 0.15) is 6.04 Å². The van der Waals surface area contributed by atoms with Crippen LogP contribution in [-0.2, 0) is 38.2 Å². The lowest BCUT2D eigenvalue weighted by Gasteiger charge is -2.41. The maximum absolute atomic E-state index is 14.2. The number of likely N-dealkylation sites (N-methyl/N-ethyl adjacent to an activating group) is 2. The van der Waals surface area contributed by atoms with Crippen LogP contribution in [-0.4, -0.2) is 123 Å². The number of rotatable bonds is 22. The van der Waals surface area contributed by atoms with E-state index in [1.807, 2.05) is 66.7 Å². The standard InChI is InChI=1S/C39H69N5O8/c1-13-17-20-26(5)23-29(37(48)52-12)42-36(47)28(7)35(51-11)30(15-3)44(16-4)32(45)24-31(50-10)34(27(6)14-2)43(9)33(46)25-40-38(49)39(8)21-18-19-22-41-39/h13,17,20,27-31,34-35,41H,14-16,18-19,21-25H2,1-12H3,(H,40,49)(H,42,47). The van der Waals surface area contributed by atoms with Gasteiger partial charge in [-0.2, -0.15) is 0 Å². The molecule has 1 heterocycles. The normalized spacial score (nSPS) is 20.5. The number of nitrogens with one attached hydrogen (secondary N) is 3. The van der Waals surface area contributed by atoms with Crippen LogP contribution in [0.5, 0.6) is 0 Å². The Hall–Kier alpha value is -3.29. The largest absolute Gasteiger partial charge is 0.467 e. The minimum absolute atomic E-state index is 0.0128. The molecule has 1 fully saturated rings. The number of allylic oxidation sites excluding steroid dienone is 3. The van der Waals surface area contributed by atoms with E-state index in [0.29, 0.717) is 19.4 Å². The molecular formula is C39H69N5O8. The fourth-order valence-corrected chi connectivity index (χ4v) is 7.12. The van der Waals surface area contributed by atoms with Crippen molar-refractivity contribution in [1.82, 2.24) is 25.8 Å². The summed E-state index contributed by atoms with van der Waals surface area (Å²) in [5.41, 5.74) is 0.184. The topological polar surface area (TPSA) is 156 Å². The van der Waals surface area contributed by atoms with Gasteiger partial charge in [-0.3, -0.25) is 19.2 Å². The van der Waals surface area contributed by atoms with Crippen LogP contribution >= 0.6 is 0 Å². The van der Waals surface area contributed by atoms with Crippen molar-refractivity contribution in [2.24, 2.45) is 11.8 Å². The highest BCUT2D eigenvalue weighted by Crippen LogP contribution is 2.26. The predicted octanol–water partition coefficient (Wildman–Crippen LogP) is 3.76. The molecule has 0 aliphatic carbocycles. The first-order valence-corrected chi connectivity index (χ1v) is 18.9. The SMILES string of the molecule is CC=CC=C(C)CC(NC(=O)C(C)C(OC)C(CC)N(CC)C(=O)CC(OC)C(C(C)CC)N(C)C(=O)CNC(=O)C1(C)CCCCN1)C(=O)OC. The minimum atomic E-state index is -0.886. The van der Waals surface area contributed by atoms with Gasteiger partial charge in [0.25, 0.3) is 0 Å². The average molecular weight is 736 g/mol. The van der Waals surface area contributed by atoms with Crippen molar-refractivity contribution >= 4 is 29.6 Å². The van der Waals surface area contributed by atoms with Gasteiger partial charge in [0.15, 0.2) is 0 Å². The van der Waals surface area contributed by atoms with Gasteiger partial charge in [-0.15, -0.1) is 0 Å². The number of nitrogens with zero attached hydrogens (tertiary/aromatic N) is 2. The van der Waals surface area contributed by atoms with Crippen LogP contribution in [0.2, 0.25) is 0 Å². The number of ether oxygens (including phenoxy) is 3. The van der Waals surface area contributed by atoms with Gasteiger partial charge in [-0.25, -0.2) is 4.79 Å². The van der Waals surface area contributed by atoms with Crippen LogP contribution in [0.25, 0.3) is 0 Å². The average Bonchev–Trinajstić information content (AvgIpc) is 3.14. The highest BCUT2D eigenvalue weighted by molar-refractivity contribution is 5.90. The Morgan fingerprint density at radius 1 is 0.962 bits per heavy atom. The Morgan fingerprint density at radius 2 is 1.63 bits per heavy atom. The Kier molecular flexibility index (Phi) is 21.0. The van der Waals surface area contributed by atoms with Crippen molar-refractivity contribution in [2.75, 3.05) is 48.0 Å². The van der Waals surface area contributed by atoms with Gasteiger partial charge >= 0.3 is 5.97 Å². The molecule has 0 saturated carbocycles. The van der Waals surface area contributed by atoms with Gasteiger partial charge in [0.05, 0.1) is 55.8 Å². The molecule has 1 rings (SSSR count). The van der Waals surface area contributed by atoms with E-state index in [1.54, 1.807) is 23.8 Å². The fourth-order valence-electron chi connectivity index (χ4n) is 7.12. The second-order valence-electron chi connectivity index (χ2n) is 14.2. The molecule has 1 aliphatic rings. The summed E-state index contributed by atoms with van der Waals surface area (Å²) in [5, 5.41) is 8.94. The molecule has 8 unspecified atom stereocenters. The van der Waals surface area contributed by atoms with Gasteiger partial charge in [-0.05, 0) is 72.3 Å². The van der Waals surface area contributed by atoms with E-state index in [4.69, 9.17) is 14.2 Å². The summed E-state index contributed by atoms with van der Waals surface area (Å²) in [6.07, 6.45) is 8.45. The number of carbonyl (C=O) groups is 5. The number of hydrogen-bond donors (Lipinski definition) is 3. The highest BCUT2D eigenvalue weighted by atomic mass is 16.5. The van der Waals surface area contributed by atoms with Crippen molar-refractivity contribution in [1.29, 1.82) is 0 Å². The van der Waals surface area contributed by atoms with Crippen molar-refractivity contribution in [2.45, 2.75) is 136 Å². The van der Waals surface area contributed by atoms with Crippen molar-refractivity contribution in [3.05, 3.63) is 23.8 Å². The lowest BCUT2D eigenvalue weighted by Crippen LogP contribution is -2.59. The molecule has 3 N–H and O–H groups in total. The van der Waals surface area contributed by atoms with Crippen molar-refractivity contribution < 1.29 is 38.2 Å². The Balaban J connectivity index is 3.19. The van der Waals surface area contributed by atoms with Crippen LogP contribution < -0.4 is 16.0 Å². The lowest BCUT2D eigenvalue weighted by molar-refractivity contribution is -0.149. The molecule has 298 valence electrons. The van der Waals surface area contributed by atoms with Crippen LogP contribution in [0.1, 0.15) is 100 Å². The third-order valence-electron chi connectivity index (χ3n) is 10.6. The van der Waals surface area contributed by atoms with Crippen LogP contribution in [0.15, 0.2) is 23.8 Å². The quantitative estimate of drug-likeness (QED) is 0.111. The van der Waals surface area contributed by atoms with Crippen molar-refractivity contribution in [3.8, 4) is 0 Å². The van der Waals surface area contributed by atoms with Crippen molar-refractivity contribution in [3.63, 3.8) is 0 Å². The third kappa shape index (κ3) is 13.3. The predicted molar refractivity (Wildman–Crippen MR) is 203 cm³/mol. The third-order valence-corrected chi connectivity index (χ3v) is 10.6. The summed E-state index contributed by atoms with van der Waals surface area (Å²) >= 11 is 0. The van der Waals surface area contributed by atoms with Gasteiger partial charge in [0.2, 0.25) is 23.6 Å². The Bertz CT molecular complexity index is 1220. The fraction of sp³-hybridized carbons (Fsp3) is 0.769. The smallest absolute Gasteiger partial charge is 0.328 e. The number of piperidine rings is 1. The molecule has 13 nitrogen and oxygen atoms in total. The molecule has 1 saturated heterocycles. The summed E-state index contributed by atoms with van der Waals surface area (Å²) in [6, 6.07) is -1.81. The Labute approximate surface area is 313 Å². The molecule has 0 aromatic carbocycles. The highest BCUT2D eigenvalue weighted by Gasteiger charge is 2.40. The van der Waals surface area contributed by atoms with E-state index in [0.717, 1.165) is 31.4 Å². The number of methoxy groups -OCH3 is 3. The van der Waals surface area contributed by atoms with E-state index in [9.17, 15) is 24.0 Å². The monoisotopic (exact) mass is 736 g/mol. The zero-order chi connectivity index (χ0) is 39.6. The van der Waals surface area contributed by atoms with E-state index in [1.165, 1.54) is 21.3 Å². The summed E-state index contributed by atoms with van der Waals surface area (Å²) in [6.45, 7) is 16.1. The molecule has 0 spiro atoms. The summed E-state index contributed by atoms with van der Waals surface area (Å²) in [7, 11) is 6.02. The first-order valence-electron chi connectivity index (χ1n) is 18.9. The molecule has 0 bridgehead atoms. The molecule has 1 aliphatic heterocycles. The maximum Gasteiger partial charge on any atom is 0.328 e. The number of hydrogen-bond acceptors (Lipinski definition) is 9.